The molecule has 0 bridgehead atoms. The van der Waals surface area contributed by atoms with Gasteiger partial charge in [0, 0.05) is 30.1 Å². The van der Waals surface area contributed by atoms with Crippen LogP contribution in [0.2, 0.25) is 5.02 Å². The number of pyridine rings is 1. The number of methoxy groups -OCH3 is 1. The van der Waals surface area contributed by atoms with Gasteiger partial charge in [0.25, 0.3) is 5.91 Å². The Morgan fingerprint density at radius 1 is 1.23 bits per heavy atom. The molecule has 2 heterocycles. The summed E-state index contributed by atoms with van der Waals surface area (Å²) in [4.78, 5) is 31.9. The van der Waals surface area contributed by atoms with E-state index in [1.54, 1.807) is 12.1 Å². The molecule has 2 aromatic rings. The van der Waals surface area contributed by atoms with Gasteiger partial charge in [0.2, 0.25) is 11.8 Å². The summed E-state index contributed by atoms with van der Waals surface area (Å²) in [5.41, 5.74) is 3.62. The van der Waals surface area contributed by atoms with Gasteiger partial charge in [-0.15, -0.1) is 0 Å². The number of hydrogen-bond acceptors (Lipinski definition) is 5. The van der Waals surface area contributed by atoms with Crippen LogP contribution in [-0.4, -0.2) is 41.9 Å². The number of ether oxygens (including phenoxy) is 1. The Labute approximate surface area is 210 Å². The van der Waals surface area contributed by atoms with E-state index in [1.165, 1.54) is 18.7 Å². The molecule has 1 aliphatic heterocycles. The van der Waals surface area contributed by atoms with Gasteiger partial charge in [0.05, 0.1) is 18.4 Å². The van der Waals surface area contributed by atoms with Crippen molar-refractivity contribution in [1.29, 1.82) is 5.26 Å². The standard InChI is InChI=1S/C27H29ClN4O3/c1-17-13-21(28)15-20(14-18-9-11-32(12-10-18)27(34)19-5-3-4-6-19)25(17)31-26(33)22-7-8-24(35-2)30-23(22)16-29/h7-8,13-15,19H,3-6,9-12H2,1-2H3,(H,31,33). The SMILES string of the molecule is COc1ccc(C(=O)Nc2c(C)cc(Cl)cc2C=C2CCN(C(=O)C3CCCC3)CC2)c(C#N)n1. The Morgan fingerprint density at radius 2 is 1.94 bits per heavy atom. The first-order valence-electron chi connectivity index (χ1n) is 11.9. The van der Waals surface area contributed by atoms with Gasteiger partial charge >= 0.3 is 0 Å². The second-order valence-corrected chi connectivity index (χ2v) is 9.55. The van der Waals surface area contributed by atoms with Gasteiger partial charge in [-0.25, -0.2) is 4.98 Å². The topological polar surface area (TPSA) is 95.3 Å². The maximum atomic E-state index is 13.1. The number of piperidine rings is 1. The van der Waals surface area contributed by atoms with Crippen LogP contribution < -0.4 is 10.1 Å². The number of likely N-dealkylation sites (tertiary alicyclic amines) is 1. The summed E-state index contributed by atoms with van der Waals surface area (Å²) in [6, 6.07) is 8.65. The number of rotatable bonds is 5. The van der Waals surface area contributed by atoms with Crippen molar-refractivity contribution in [2.45, 2.75) is 45.4 Å². The number of halogens is 1. The van der Waals surface area contributed by atoms with Crippen molar-refractivity contribution < 1.29 is 14.3 Å². The summed E-state index contributed by atoms with van der Waals surface area (Å²) in [5, 5.41) is 13.0. The van der Waals surface area contributed by atoms with E-state index in [0.717, 1.165) is 49.7 Å². The second kappa shape index (κ2) is 10.9. The third-order valence-electron chi connectivity index (χ3n) is 6.78. The number of carbonyl (C=O) groups is 2. The zero-order valence-electron chi connectivity index (χ0n) is 20.1. The zero-order chi connectivity index (χ0) is 24.9. The molecule has 4 rings (SSSR count). The lowest BCUT2D eigenvalue weighted by atomic mass is 9.97. The molecular weight excluding hydrogens is 464 g/mol. The molecule has 2 amide bonds. The normalized spacial score (nSPS) is 16.1. The molecule has 0 unspecified atom stereocenters. The Bertz CT molecular complexity index is 1200. The average Bonchev–Trinajstić information content (AvgIpc) is 3.40. The van der Waals surface area contributed by atoms with Gasteiger partial charge in [0.1, 0.15) is 6.07 Å². The number of nitrogens with zero attached hydrogens (tertiary/aromatic N) is 3. The minimum Gasteiger partial charge on any atom is -0.481 e. The molecule has 0 atom stereocenters. The van der Waals surface area contributed by atoms with Crippen molar-refractivity contribution in [3.05, 3.63) is 57.2 Å². The number of nitriles is 1. The third-order valence-corrected chi connectivity index (χ3v) is 7.00. The van der Waals surface area contributed by atoms with E-state index in [-0.39, 0.29) is 23.1 Å². The summed E-state index contributed by atoms with van der Waals surface area (Å²) in [6.45, 7) is 3.31. The first-order chi connectivity index (χ1) is 16.9. The minimum absolute atomic E-state index is 0.00678. The number of nitrogens with one attached hydrogen (secondary N) is 1. The van der Waals surface area contributed by atoms with E-state index in [9.17, 15) is 14.9 Å². The number of benzene rings is 1. The molecule has 1 saturated heterocycles. The zero-order valence-corrected chi connectivity index (χ0v) is 20.8. The molecular formula is C27H29ClN4O3. The fourth-order valence-electron chi connectivity index (χ4n) is 4.87. The van der Waals surface area contributed by atoms with Crippen LogP contribution in [0.3, 0.4) is 0 Å². The summed E-state index contributed by atoms with van der Waals surface area (Å²) in [6.07, 6.45) is 7.97. The lowest BCUT2D eigenvalue weighted by molar-refractivity contribution is -0.135. The Hall–Kier alpha value is -3.37. The molecule has 1 aromatic carbocycles. The highest BCUT2D eigenvalue weighted by Crippen LogP contribution is 2.32. The summed E-state index contributed by atoms with van der Waals surface area (Å²) >= 11 is 6.35. The van der Waals surface area contributed by atoms with Crippen molar-refractivity contribution in [2.24, 2.45) is 5.92 Å². The highest BCUT2D eigenvalue weighted by Gasteiger charge is 2.28. The summed E-state index contributed by atoms with van der Waals surface area (Å²) < 4.78 is 5.06. The van der Waals surface area contributed by atoms with Crippen molar-refractivity contribution >= 4 is 35.2 Å². The molecule has 0 spiro atoms. The quantitative estimate of drug-likeness (QED) is 0.605. The van der Waals surface area contributed by atoms with Gasteiger partial charge in [-0.3, -0.25) is 9.59 Å². The van der Waals surface area contributed by atoms with E-state index in [0.29, 0.717) is 29.7 Å². The monoisotopic (exact) mass is 492 g/mol. The smallest absolute Gasteiger partial charge is 0.258 e. The molecule has 1 saturated carbocycles. The van der Waals surface area contributed by atoms with Crippen LogP contribution in [0.5, 0.6) is 5.88 Å². The van der Waals surface area contributed by atoms with E-state index in [4.69, 9.17) is 16.3 Å². The molecule has 1 N–H and O–H groups in total. The largest absolute Gasteiger partial charge is 0.481 e. The molecule has 7 nitrogen and oxygen atoms in total. The molecule has 35 heavy (non-hydrogen) atoms. The fourth-order valence-corrected chi connectivity index (χ4v) is 5.15. The molecule has 182 valence electrons. The molecule has 1 aromatic heterocycles. The summed E-state index contributed by atoms with van der Waals surface area (Å²) in [7, 11) is 1.45. The molecule has 2 aliphatic rings. The van der Waals surface area contributed by atoms with Crippen molar-refractivity contribution in [1.82, 2.24) is 9.88 Å². The average molecular weight is 493 g/mol. The first-order valence-corrected chi connectivity index (χ1v) is 12.3. The van der Waals surface area contributed by atoms with Crippen molar-refractivity contribution in [3.63, 3.8) is 0 Å². The highest BCUT2D eigenvalue weighted by atomic mass is 35.5. The van der Waals surface area contributed by atoms with Gasteiger partial charge in [0.15, 0.2) is 5.69 Å². The van der Waals surface area contributed by atoms with Crippen LogP contribution in [0.15, 0.2) is 29.8 Å². The number of amides is 2. The van der Waals surface area contributed by atoms with Gasteiger partial charge in [-0.05, 0) is 61.9 Å². The summed E-state index contributed by atoms with van der Waals surface area (Å²) in [5.74, 6) is 0.334. The molecule has 2 fully saturated rings. The maximum Gasteiger partial charge on any atom is 0.258 e. The fraction of sp³-hybridized carbons (Fsp3) is 0.407. The van der Waals surface area contributed by atoms with E-state index in [1.807, 2.05) is 24.0 Å². The van der Waals surface area contributed by atoms with Crippen molar-refractivity contribution in [2.75, 3.05) is 25.5 Å². The number of aryl methyl sites for hydroxylation is 1. The minimum atomic E-state index is -0.432. The van der Waals surface area contributed by atoms with Crippen LogP contribution in [0.4, 0.5) is 5.69 Å². The van der Waals surface area contributed by atoms with Gasteiger partial charge in [-0.1, -0.05) is 36.1 Å². The lowest BCUT2D eigenvalue weighted by Crippen LogP contribution is -2.39. The van der Waals surface area contributed by atoms with Gasteiger partial charge < -0.3 is 15.0 Å². The van der Waals surface area contributed by atoms with E-state index >= 15 is 0 Å². The molecule has 0 radical (unpaired) electrons. The number of aromatic nitrogens is 1. The maximum absolute atomic E-state index is 13.1. The van der Waals surface area contributed by atoms with Crippen LogP contribution in [-0.2, 0) is 4.79 Å². The number of carbonyl (C=O) groups excluding carboxylic acids is 2. The van der Waals surface area contributed by atoms with E-state index in [2.05, 4.69) is 16.4 Å². The highest BCUT2D eigenvalue weighted by molar-refractivity contribution is 6.31. The van der Waals surface area contributed by atoms with Crippen LogP contribution in [0.1, 0.15) is 65.7 Å². The Kier molecular flexibility index (Phi) is 7.72. The van der Waals surface area contributed by atoms with E-state index < -0.39 is 5.91 Å². The van der Waals surface area contributed by atoms with Crippen LogP contribution >= 0.6 is 11.6 Å². The van der Waals surface area contributed by atoms with Crippen LogP contribution in [0.25, 0.3) is 6.08 Å². The second-order valence-electron chi connectivity index (χ2n) is 9.11. The molecule has 8 heteroatoms. The molecule has 1 aliphatic carbocycles. The first kappa shape index (κ1) is 24.7. The number of hydrogen-bond donors (Lipinski definition) is 1. The predicted molar refractivity (Wildman–Crippen MR) is 135 cm³/mol. The Morgan fingerprint density at radius 3 is 2.60 bits per heavy atom. The predicted octanol–water partition coefficient (Wildman–Crippen LogP) is 5.37. The Balaban J connectivity index is 1.53. The third kappa shape index (κ3) is 5.66. The van der Waals surface area contributed by atoms with Crippen LogP contribution in [0, 0.1) is 24.2 Å². The lowest BCUT2D eigenvalue weighted by Gasteiger charge is -2.30. The number of anilines is 1. The van der Waals surface area contributed by atoms with Crippen molar-refractivity contribution in [3.8, 4) is 11.9 Å². The van der Waals surface area contributed by atoms with Gasteiger partial charge in [-0.2, -0.15) is 5.26 Å².